The molecule has 1 aliphatic heterocycles. The van der Waals surface area contributed by atoms with Gasteiger partial charge in [0.15, 0.2) is 0 Å². The maximum atomic E-state index is 12.4. The monoisotopic (exact) mass is 313 g/mol. The summed E-state index contributed by atoms with van der Waals surface area (Å²) in [6, 6.07) is 7.37. The molecule has 1 aromatic carbocycles. The lowest BCUT2D eigenvalue weighted by molar-refractivity contribution is 0.0272. The summed E-state index contributed by atoms with van der Waals surface area (Å²) in [5, 5.41) is 4.96. The summed E-state index contributed by atoms with van der Waals surface area (Å²) in [6.07, 6.45) is 0. The number of benzene rings is 1. The van der Waals surface area contributed by atoms with Gasteiger partial charge in [0.05, 0.1) is 18.1 Å². The van der Waals surface area contributed by atoms with Crippen LogP contribution in [-0.2, 0) is 21.3 Å². The quantitative estimate of drug-likeness (QED) is 0.809. The van der Waals surface area contributed by atoms with E-state index in [9.17, 15) is 8.42 Å². The summed E-state index contributed by atoms with van der Waals surface area (Å²) in [5.41, 5.74) is 0.952. The minimum Gasteiger partial charge on any atom is -0.379 e. The molecule has 0 spiro atoms. The molecule has 0 aromatic heterocycles. The van der Waals surface area contributed by atoms with E-state index in [1.807, 2.05) is 6.07 Å². The Bertz CT molecular complexity index is 554. The second-order valence-electron chi connectivity index (χ2n) is 5.38. The summed E-state index contributed by atoms with van der Waals surface area (Å²) in [7, 11) is -3.53. The minimum atomic E-state index is -3.53. The molecule has 2 rings (SSSR count). The van der Waals surface area contributed by atoms with Crippen molar-refractivity contribution in [1.82, 2.24) is 15.2 Å². The topological polar surface area (TPSA) is 70.7 Å². The molecule has 1 fully saturated rings. The van der Waals surface area contributed by atoms with Crippen molar-refractivity contribution in [3.8, 4) is 0 Å². The van der Waals surface area contributed by atoms with E-state index in [2.05, 4.69) is 24.0 Å². The normalized spacial score (nSPS) is 17.3. The van der Waals surface area contributed by atoms with Gasteiger partial charge in [-0.15, -0.1) is 4.83 Å². The van der Waals surface area contributed by atoms with Crippen LogP contribution in [0.4, 0.5) is 0 Å². The van der Waals surface area contributed by atoms with Crippen molar-refractivity contribution in [1.29, 1.82) is 0 Å². The Balaban J connectivity index is 2.06. The summed E-state index contributed by atoms with van der Waals surface area (Å²) < 4.78 is 30.0. The molecular formula is C14H23N3O3S. The van der Waals surface area contributed by atoms with Gasteiger partial charge >= 0.3 is 0 Å². The molecule has 2 N–H and O–H groups in total. The average Bonchev–Trinajstić information content (AvgIpc) is 2.46. The van der Waals surface area contributed by atoms with Crippen molar-refractivity contribution >= 4 is 10.0 Å². The van der Waals surface area contributed by atoms with Crippen molar-refractivity contribution in [2.24, 2.45) is 0 Å². The Hall–Kier alpha value is -0.990. The van der Waals surface area contributed by atoms with Crippen LogP contribution in [-0.4, -0.2) is 45.8 Å². The highest BCUT2D eigenvalue weighted by Gasteiger charge is 2.20. The number of morpholine rings is 1. The standard InChI is InChI=1S/C14H23N3O3S/c1-12(2)15-11-13-4-3-5-14(10-13)21(18,19)16-17-6-8-20-9-7-17/h3-5,10,12,15-16H,6-9,11H2,1-2H3. The number of nitrogens with zero attached hydrogens (tertiary/aromatic N) is 1. The van der Waals surface area contributed by atoms with Crippen molar-refractivity contribution in [3.05, 3.63) is 29.8 Å². The van der Waals surface area contributed by atoms with Gasteiger partial charge in [-0.1, -0.05) is 26.0 Å². The van der Waals surface area contributed by atoms with Crippen LogP contribution in [0.25, 0.3) is 0 Å². The number of nitrogens with one attached hydrogen (secondary N) is 2. The summed E-state index contributed by atoms with van der Waals surface area (Å²) in [6.45, 7) is 6.98. The Kier molecular flexibility index (Phi) is 5.72. The smallest absolute Gasteiger partial charge is 0.253 e. The summed E-state index contributed by atoms with van der Waals surface area (Å²) in [4.78, 5) is 2.90. The van der Waals surface area contributed by atoms with E-state index >= 15 is 0 Å². The van der Waals surface area contributed by atoms with Gasteiger partial charge in [-0.25, -0.2) is 13.4 Å². The predicted molar refractivity (Wildman–Crippen MR) is 81.1 cm³/mol. The van der Waals surface area contributed by atoms with E-state index in [1.165, 1.54) is 0 Å². The van der Waals surface area contributed by atoms with Crippen molar-refractivity contribution in [2.75, 3.05) is 26.3 Å². The zero-order chi connectivity index (χ0) is 15.3. The third kappa shape index (κ3) is 5.05. The Morgan fingerprint density at radius 3 is 2.67 bits per heavy atom. The van der Waals surface area contributed by atoms with Crippen LogP contribution in [0.2, 0.25) is 0 Å². The highest BCUT2D eigenvalue weighted by atomic mass is 32.2. The Labute approximate surface area is 126 Å². The first-order chi connectivity index (χ1) is 9.97. The zero-order valence-corrected chi connectivity index (χ0v) is 13.3. The summed E-state index contributed by atoms with van der Waals surface area (Å²) in [5.74, 6) is 0. The van der Waals surface area contributed by atoms with Gasteiger partial charge in [0.25, 0.3) is 10.0 Å². The maximum Gasteiger partial charge on any atom is 0.253 e. The molecule has 7 heteroatoms. The van der Waals surface area contributed by atoms with Gasteiger partial charge in [0.1, 0.15) is 0 Å². The lowest BCUT2D eigenvalue weighted by Crippen LogP contribution is -2.48. The van der Waals surface area contributed by atoms with Crippen LogP contribution >= 0.6 is 0 Å². The Morgan fingerprint density at radius 1 is 1.29 bits per heavy atom. The number of ether oxygens (including phenoxy) is 1. The average molecular weight is 313 g/mol. The molecule has 1 aromatic rings. The van der Waals surface area contributed by atoms with Crippen LogP contribution in [0.5, 0.6) is 0 Å². The van der Waals surface area contributed by atoms with E-state index in [-0.39, 0.29) is 4.90 Å². The number of hydrogen-bond donors (Lipinski definition) is 2. The maximum absolute atomic E-state index is 12.4. The minimum absolute atomic E-state index is 0.289. The highest BCUT2D eigenvalue weighted by molar-refractivity contribution is 7.89. The zero-order valence-electron chi connectivity index (χ0n) is 12.5. The van der Waals surface area contributed by atoms with Gasteiger partial charge < -0.3 is 10.1 Å². The van der Waals surface area contributed by atoms with Crippen molar-refractivity contribution < 1.29 is 13.2 Å². The third-order valence-corrected chi connectivity index (χ3v) is 4.56. The van der Waals surface area contributed by atoms with Crippen LogP contribution in [0.3, 0.4) is 0 Å². The molecule has 0 bridgehead atoms. The fraction of sp³-hybridized carbons (Fsp3) is 0.571. The second-order valence-corrected chi connectivity index (χ2v) is 7.04. The van der Waals surface area contributed by atoms with Gasteiger partial charge in [0.2, 0.25) is 0 Å². The van der Waals surface area contributed by atoms with E-state index in [0.29, 0.717) is 38.9 Å². The van der Waals surface area contributed by atoms with E-state index in [4.69, 9.17) is 4.74 Å². The number of sulfonamides is 1. The second kappa shape index (κ2) is 7.33. The van der Waals surface area contributed by atoms with Gasteiger partial charge in [-0.2, -0.15) is 0 Å². The number of hydrogen-bond acceptors (Lipinski definition) is 5. The molecule has 21 heavy (non-hydrogen) atoms. The molecule has 1 aliphatic rings. The SMILES string of the molecule is CC(C)NCc1cccc(S(=O)(=O)NN2CCOCC2)c1. The lowest BCUT2D eigenvalue weighted by Gasteiger charge is -2.26. The largest absolute Gasteiger partial charge is 0.379 e. The first-order valence-corrected chi connectivity index (χ1v) is 8.63. The molecule has 0 saturated carbocycles. The van der Waals surface area contributed by atoms with Crippen LogP contribution in [0.1, 0.15) is 19.4 Å². The third-order valence-electron chi connectivity index (χ3n) is 3.18. The van der Waals surface area contributed by atoms with Crippen LogP contribution < -0.4 is 10.1 Å². The molecule has 0 radical (unpaired) electrons. The lowest BCUT2D eigenvalue weighted by atomic mass is 10.2. The van der Waals surface area contributed by atoms with Gasteiger partial charge in [-0.3, -0.25) is 0 Å². The molecule has 0 unspecified atom stereocenters. The van der Waals surface area contributed by atoms with Crippen molar-refractivity contribution in [2.45, 2.75) is 31.3 Å². The van der Waals surface area contributed by atoms with E-state index in [1.54, 1.807) is 23.2 Å². The predicted octanol–water partition coefficient (Wildman–Crippen LogP) is 0.710. The van der Waals surface area contributed by atoms with Crippen molar-refractivity contribution in [3.63, 3.8) is 0 Å². The molecule has 6 nitrogen and oxygen atoms in total. The molecule has 0 atom stereocenters. The van der Waals surface area contributed by atoms with E-state index in [0.717, 1.165) is 5.56 Å². The first kappa shape index (κ1) is 16.4. The fourth-order valence-corrected chi connectivity index (χ4v) is 3.21. The Morgan fingerprint density at radius 2 is 2.00 bits per heavy atom. The van der Waals surface area contributed by atoms with Gasteiger partial charge in [0, 0.05) is 25.7 Å². The first-order valence-electron chi connectivity index (χ1n) is 7.15. The fourth-order valence-electron chi connectivity index (χ4n) is 2.02. The van der Waals surface area contributed by atoms with Crippen LogP contribution in [0, 0.1) is 0 Å². The van der Waals surface area contributed by atoms with E-state index < -0.39 is 10.0 Å². The molecule has 0 aliphatic carbocycles. The number of hydrazine groups is 1. The molecular weight excluding hydrogens is 290 g/mol. The number of rotatable bonds is 6. The van der Waals surface area contributed by atoms with Crippen LogP contribution in [0.15, 0.2) is 29.2 Å². The molecule has 1 heterocycles. The van der Waals surface area contributed by atoms with Gasteiger partial charge in [-0.05, 0) is 17.7 Å². The highest BCUT2D eigenvalue weighted by Crippen LogP contribution is 2.12. The molecule has 0 amide bonds. The summed E-state index contributed by atoms with van der Waals surface area (Å²) >= 11 is 0. The molecule has 1 saturated heterocycles. The molecule has 118 valence electrons.